The Bertz CT molecular complexity index is 414. The Balaban J connectivity index is 2.28. The first-order valence-corrected chi connectivity index (χ1v) is 6.51. The van der Waals surface area contributed by atoms with Crippen LogP contribution in [0, 0.1) is 6.92 Å². The predicted molar refractivity (Wildman–Crippen MR) is 69.9 cm³/mol. The van der Waals surface area contributed by atoms with Crippen molar-refractivity contribution in [3.05, 3.63) is 35.4 Å². The Morgan fingerprint density at radius 1 is 1.39 bits per heavy atom. The molecule has 1 heterocycles. The average Bonchev–Trinajstić information content (AvgIpc) is 2.39. The number of ketones is 1. The van der Waals surface area contributed by atoms with Crippen LogP contribution in [0.4, 0.5) is 0 Å². The van der Waals surface area contributed by atoms with Crippen molar-refractivity contribution in [1.82, 2.24) is 0 Å². The van der Waals surface area contributed by atoms with Gasteiger partial charge in [0, 0.05) is 38.2 Å². The molecule has 3 nitrogen and oxygen atoms in total. The molecule has 2 rings (SSSR count). The lowest BCUT2D eigenvalue weighted by atomic mass is 9.85. The van der Waals surface area contributed by atoms with Crippen LogP contribution in [0.5, 0.6) is 0 Å². The van der Waals surface area contributed by atoms with Gasteiger partial charge in [0.2, 0.25) is 0 Å². The number of ether oxygens (including phenoxy) is 2. The highest BCUT2D eigenvalue weighted by Crippen LogP contribution is 2.29. The van der Waals surface area contributed by atoms with Crippen LogP contribution in [0.3, 0.4) is 0 Å². The fourth-order valence-electron chi connectivity index (χ4n) is 2.46. The Labute approximate surface area is 108 Å². The molecule has 0 unspecified atom stereocenters. The molecule has 0 amide bonds. The third-order valence-corrected chi connectivity index (χ3v) is 3.42. The Hall–Kier alpha value is -1.19. The van der Waals surface area contributed by atoms with Gasteiger partial charge in [-0.05, 0) is 19.9 Å². The monoisotopic (exact) mass is 248 g/mol. The van der Waals surface area contributed by atoms with Gasteiger partial charge in [0.25, 0.3) is 0 Å². The van der Waals surface area contributed by atoms with E-state index in [-0.39, 0.29) is 5.78 Å². The number of carbonyl (C=O) groups excluding carboxylic acids is 1. The van der Waals surface area contributed by atoms with Crippen LogP contribution in [-0.4, -0.2) is 31.2 Å². The third-order valence-electron chi connectivity index (χ3n) is 3.42. The lowest BCUT2D eigenvalue weighted by molar-refractivity contribution is -0.0822. The number of Topliss-reactive ketones (excluding diaryl/α,β-unsaturated/α-hetero) is 1. The summed E-state index contributed by atoms with van der Waals surface area (Å²) in [7, 11) is 0. The molecule has 1 saturated heterocycles. The molecular formula is C15H20O3. The van der Waals surface area contributed by atoms with E-state index in [2.05, 4.69) is 0 Å². The van der Waals surface area contributed by atoms with Crippen molar-refractivity contribution in [3.8, 4) is 0 Å². The number of carbonyl (C=O) groups is 1. The number of hydrogen-bond donors (Lipinski definition) is 0. The molecule has 0 aromatic heterocycles. The second kappa shape index (κ2) is 5.63. The minimum Gasteiger partial charge on any atom is -0.381 e. The van der Waals surface area contributed by atoms with Crippen molar-refractivity contribution in [2.24, 2.45) is 0 Å². The second-order valence-electron chi connectivity index (χ2n) is 4.74. The van der Waals surface area contributed by atoms with E-state index in [1.807, 2.05) is 38.1 Å². The number of aryl methyl sites for hydroxylation is 1. The zero-order valence-corrected chi connectivity index (χ0v) is 11.1. The fraction of sp³-hybridized carbons (Fsp3) is 0.533. The van der Waals surface area contributed by atoms with Gasteiger partial charge in [-0.15, -0.1) is 0 Å². The molecule has 1 fully saturated rings. The number of rotatable bonds is 4. The van der Waals surface area contributed by atoms with Gasteiger partial charge in [0.15, 0.2) is 5.78 Å². The van der Waals surface area contributed by atoms with E-state index < -0.39 is 5.60 Å². The quantitative estimate of drug-likeness (QED) is 0.769. The van der Waals surface area contributed by atoms with E-state index in [1.165, 1.54) is 0 Å². The van der Waals surface area contributed by atoms with Gasteiger partial charge in [0.1, 0.15) is 5.60 Å². The lowest BCUT2D eigenvalue weighted by Gasteiger charge is -2.35. The first-order chi connectivity index (χ1) is 8.68. The molecular weight excluding hydrogens is 228 g/mol. The summed E-state index contributed by atoms with van der Waals surface area (Å²) in [5, 5.41) is 0. The molecule has 0 N–H and O–H groups in total. The van der Waals surface area contributed by atoms with Crippen molar-refractivity contribution in [3.63, 3.8) is 0 Å². The van der Waals surface area contributed by atoms with Gasteiger partial charge in [0.05, 0.1) is 0 Å². The molecule has 1 aliphatic rings. The zero-order chi connectivity index (χ0) is 13.0. The van der Waals surface area contributed by atoms with E-state index in [0.29, 0.717) is 32.7 Å². The molecule has 1 aliphatic heterocycles. The maximum Gasteiger partial charge on any atom is 0.194 e. The summed E-state index contributed by atoms with van der Waals surface area (Å²) in [6.45, 7) is 5.67. The van der Waals surface area contributed by atoms with Gasteiger partial charge >= 0.3 is 0 Å². The van der Waals surface area contributed by atoms with E-state index in [0.717, 1.165) is 11.1 Å². The maximum atomic E-state index is 12.7. The van der Waals surface area contributed by atoms with Crippen LogP contribution in [0.25, 0.3) is 0 Å². The number of benzene rings is 1. The van der Waals surface area contributed by atoms with Crippen LogP contribution in [0.1, 0.15) is 35.7 Å². The van der Waals surface area contributed by atoms with E-state index in [1.54, 1.807) is 0 Å². The highest BCUT2D eigenvalue weighted by molar-refractivity contribution is 6.02. The predicted octanol–water partition coefficient (Wildman–Crippen LogP) is 2.76. The molecule has 18 heavy (non-hydrogen) atoms. The summed E-state index contributed by atoms with van der Waals surface area (Å²) >= 11 is 0. The Kier molecular flexibility index (Phi) is 4.15. The van der Waals surface area contributed by atoms with Gasteiger partial charge in [-0.1, -0.05) is 23.8 Å². The first-order valence-electron chi connectivity index (χ1n) is 6.51. The largest absolute Gasteiger partial charge is 0.381 e. The van der Waals surface area contributed by atoms with Crippen LogP contribution < -0.4 is 0 Å². The van der Waals surface area contributed by atoms with Crippen LogP contribution in [0.15, 0.2) is 24.3 Å². The molecule has 0 saturated carbocycles. The van der Waals surface area contributed by atoms with Crippen LogP contribution in [0.2, 0.25) is 0 Å². The smallest absolute Gasteiger partial charge is 0.194 e. The van der Waals surface area contributed by atoms with Crippen LogP contribution in [-0.2, 0) is 9.47 Å². The van der Waals surface area contributed by atoms with Crippen molar-refractivity contribution in [2.45, 2.75) is 32.3 Å². The van der Waals surface area contributed by atoms with Crippen molar-refractivity contribution >= 4 is 5.78 Å². The summed E-state index contributed by atoms with van der Waals surface area (Å²) in [5.41, 5.74) is 1.16. The normalized spacial score (nSPS) is 18.6. The fourth-order valence-corrected chi connectivity index (χ4v) is 2.46. The van der Waals surface area contributed by atoms with E-state index in [4.69, 9.17) is 9.47 Å². The molecule has 98 valence electrons. The minimum absolute atomic E-state index is 0.0938. The van der Waals surface area contributed by atoms with Gasteiger partial charge in [-0.3, -0.25) is 4.79 Å². The van der Waals surface area contributed by atoms with Crippen molar-refractivity contribution in [1.29, 1.82) is 0 Å². The standard InChI is InChI=1S/C15H20O3/c1-3-18-15(7-9-17-10-8-15)14(16)13-6-4-5-12(2)11-13/h4-6,11H,3,7-10H2,1-2H3. The molecule has 0 spiro atoms. The molecule has 1 aromatic carbocycles. The molecule has 0 atom stereocenters. The van der Waals surface area contributed by atoms with Crippen molar-refractivity contribution < 1.29 is 14.3 Å². The highest BCUT2D eigenvalue weighted by Gasteiger charge is 2.41. The SMILES string of the molecule is CCOC1(C(=O)c2cccc(C)c2)CCOCC1. The van der Waals surface area contributed by atoms with Crippen LogP contribution >= 0.6 is 0 Å². The topological polar surface area (TPSA) is 35.5 Å². The van der Waals surface area contributed by atoms with Gasteiger partial charge in [-0.2, -0.15) is 0 Å². The Morgan fingerprint density at radius 3 is 2.72 bits per heavy atom. The summed E-state index contributed by atoms with van der Waals surface area (Å²) in [4.78, 5) is 12.7. The Morgan fingerprint density at radius 2 is 2.11 bits per heavy atom. The maximum absolute atomic E-state index is 12.7. The zero-order valence-electron chi connectivity index (χ0n) is 11.1. The molecule has 0 radical (unpaired) electrons. The van der Waals surface area contributed by atoms with Gasteiger partial charge in [-0.25, -0.2) is 0 Å². The summed E-state index contributed by atoms with van der Waals surface area (Å²) in [5.74, 6) is 0.0938. The highest BCUT2D eigenvalue weighted by atomic mass is 16.5. The van der Waals surface area contributed by atoms with E-state index >= 15 is 0 Å². The van der Waals surface area contributed by atoms with Crippen molar-refractivity contribution in [2.75, 3.05) is 19.8 Å². The minimum atomic E-state index is -0.680. The summed E-state index contributed by atoms with van der Waals surface area (Å²) < 4.78 is 11.1. The molecule has 1 aromatic rings. The number of hydrogen-bond acceptors (Lipinski definition) is 3. The third kappa shape index (κ3) is 2.62. The molecule has 0 bridgehead atoms. The second-order valence-corrected chi connectivity index (χ2v) is 4.74. The van der Waals surface area contributed by atoms with E-state index in [9.17, 15) is 4.79 Å². The molecule has 3 heteroatoms. The lowest BCUT2D eigenvalue weighted by Crippen LogP contribution is -2.46. The molecule has 0 aliphatic carbocycles. The summed E-state index contributed by atoms with van der Waals surface area (Å²) in [6, 6.07) is 7.71. The summed E-state index contributed by atoms with van der Waals surface area (Å²) in [6.07, 6.45) is 1.29. The van der Waals surface area contributed by atoms with Gasteiger partial charge < -0.3 is 9.47 Å². The average molecular weight is 248 g/mol. The first kappa shape index (κ1) is 13.2.